The van der Waals surface area contributed by atoms with Crippen molar-refractivity contribution in [3.8, 4) is 0 Å². The molecule has 1 N–H and O–H groups in total. The number of hydrogen-bond donors (Lipinski definition) is 1. The number of carbonyl (C=O) groups is 1. The van der Waals surface area contributed by atoms with E-state index in [0.717, 1.165) is 30.0 Å². The summed E-state index contributed by atoms with van der Waals surface area (Å²) in [5.41, 5.74) is 0. The summed E-state index contributed by atoms with van der Waals surface area (Å²) in [5, 5.41) is 3.45. The van der Waals surface area contributed by atoms with E-state index in [2.05, 4.69) is 5.32 Å². The zero-order valence-electron chi connectivity index (χ0n) is 10.1. The molecule has 0 aromatic heterocycles. The molecule has 2 atom stereocenters. The van der Waals surface area contributed by atoms with E-state index in [9.17, 15) is 13.2 Å². The van der Waals surface area contributed by atoms with Crippen LogP contribution in [0.1, 0.15) is 39.5 Å². The average Bonchev–Trinajstić information content (AvgIpc) is 2.57. The number of piperidine rings is 1. The largest absolute Gasteiger partial charge is 0.311 e. The van der Waals surface area contributed by atoms with Gasteiger partial charge in [0.2, 0.25) is 0 Å². The van der Waals surface area contributed by atoms with Crippen LogP contribution in [-0.2, 0) is 14.8 Å². The molecule has 0 spiro atoms. The fourth-order valence-corrected chi connectivity index (χ4v) is 4.96. The molecule has 3 aliphatic rings. The Morgan fingerprint density at radius 1 is 1.24 bits per heavy atom. The SMILES string of the molecule is CC1(C)C(=O)N(C2CC3CCC(C2)N3)S1(=O)=O. The second kappa shape index (κ2) is 3.23. The van der Waals surface area contributed by atoms with Gasteiger partial charge in [-0.3, -0.25) is 4.79 Å². The van der Waals surface area contributed by atoms with Crippen molar-refractivity contribution >= 4 is 15.9 Å². The predicted molar refractivity (Wildman–Crippen MR) is 62.8 cm³/mol. The molecule has 5 nitrogen and oxygen atoms in total. The molecule has 3 fully saturated rings. The molecule has 3 aliphatic heterocycles. The van der Waals surface area contributed by atoms with Crippen LogP contribution in [0.2, 0.25) is 0 Å². The summed E-state index contributed by atoms with van der Waals surface area (Å²) < 4.78 is 24.1. The maximum atomic E-state index is 12.1. The normalized spacial score (nSPS) is 42.4. The molecule has 17 heavy (non-hydrogen) atoms. The zero-order chi connectivity index (χ0) is 12.4. The van der Waals surface area contributed by atoms with Crippen molar-refractivity contribution in [3.63, 3.8) is 0 Å². The molecule has 2 unspecified atom stereocenters. The number of sulfonamides is 1. The minimum Gasteiger partial charge on any atom is -0.311 e. The number of nitrogens with zero attached hydrogens (tertiary/aromatic N) is 1. The standard InChI is InChI=1S/C11H18N2O3S/c1-11(2)10(14)13(17(11,15)16)9-5-7-3-4-8(6-9)12-7/h7-9,12H,3-6H2,1-2H3. The first-order chi connectivity index (χ1) is 7.84. The molecule has 1 amide bonds. The van der Waals surface area contributed by atoms with Gasteiger partial charge < -0.3 is 5.32 Å². The Balaban J connectivity index is 1.85. The van der Waals surface area contributed by atoms with E-state index in [1.807, 2.05) is 0 Å². The number of nitrogens with one attached hydrogen (secondary N) is 1. The van der Waals surface area contributed by atoms with Crippen LogP contribution < -0.4 is 5.32 Å². The fourth-order valence-electron chi connectivity index (χ4n) is 3.27. The van der Waals surface area contributed by atoms with Gasteiger partial charge in [0.15, 0.2) is 4.75 Å². The molecule has 0 radical (unpaired) electrons. The molecular formula is C11H18N2O3S. The minimum atomic E-state index is -3.41. The van der Waals surface area contributed by atoms with Crippen LogP contribution in [0.3, 0.4) is 0 Å². The Morgan fingerprint density at radius 3 is 2.24 bits per heavy atom. The summed E-state index contributed by atoms with van der Waals surface area (Å²) >= 11 is 0. The summed E-state index contributed by atoms with van der Waals surface area (Å²) in [5.74, 6) is -0.233. The summed E-state index contributed by atoms with van der Waals surface area (Å²) in [6.45, 7) is 2.99. The highest BCUT2D eigenvalue weighted by molar-refractivity contribution is 7.94. The first kappa shape index (κ1) is 11.5. The fraction of sp³-hybridized carbons (Fsp3) is 0.909. The Labute approximate surface area is 102 Å². The monoisotopic (exact) mass is 258 g/mol. The van der Waals surface area contributed by atoms with Crippen LogP contribution in [0.15, 0.2) is 0 Å². The van der Waals surface area contributed by atoms with Gasteiger partial charge in [0.1, 0.15) is 0 Å². The predicted octanol–water partition coefficient (Wildman–Crippen LogP) is 0.220. The molecule has 0 aromatic carbocycles. The molecule has 0 saturated carbocycles. The number of fused-ring (bicyclic) bond motifs is 2. The zero-order valence-corrected chi connectivity index (χ0v) is 11.0. The lowest BCUT2D eigenvalue weighted by Gasteiger charge is -2.49. The maximum absolute atomic E-state index is 12.1. The molecule has 6 heteroatoms. The van der Waals surface area contributed by atoms with Crippen molar-refractivity contribution in [1.82, 2.24) is 9.62 Å². The molecule has 96 valence electrons. The van der Waals surface area contributed by atoms with Gasteiger partial charge >= 0.3 is 0 Å². The lowest BCUT2D eigenvalue weighted by molar-refractivity contribution is -0.134. The van der Waals surface area contributed by atoms with E-state index in [-0.39, 0.29) is 11.9 Å². The number of rotatable bonds is 1. The van der Waals surface area contributed by atoms with Gasteiger partial charge in [-0.2, -0.15) is 0 Å². The Hall–Kier alpha value is -0.620. The molecule has 0 aliphatic carbocycles. The topological polar surface area (TPSA) is 66.5 Å². The third kappa shape index (κ3) is 1.34. The highest BCUT2D eigenvalue weighted by Crippen LogP contribution is 2.41. The lowest BCUT2D eigenvalue weighted by Crippen LogP contribution is -2.71. The third-order valence-electron chi connectivity index (χ3n) is 4.40. The number of carbonyl (C=O) groups excluding carboxylic acids is 1. The number of amides is 1. The quantitative estimate of drug-likeness (QED) is 0.730. The van der Waals surface area contributed by atoms with Gasteiger partial charge in [0.25, 0.3) is 15.9 Å². The van der Waals surface area contributed by atoms with E-state index in [1.165, 1.54) is 13.8 Å². The van der Waals surface area contributed by atoms with Crippen molar-refractivity contribution in [3.05, 3.63) is 0 Å². The van der Waals surface area contributed by atoms with Crippen LogP contribution >= 0.6 is 0 Å². The Morgan fingerprint density at radius 2 is 1.76 bits per heavy atom. The summed E-state index contributed by atoms with van der Waals surface area (Å²) in [7, 11) is -3.41. The van der Waals surface area contributed by atoms with Gasteiger partial charge in [-0.15, -0.1) is 0 Å². The Bertz CT molecular complexity index is 459. The van der Waals surface area contributed by atoms with Crippen molar-refractivity contribution < 1.29 is 13.2 Å². The molecule has 3 saturated heterocycles. The van der Waals surface area contributed by atoms with E-state index in [0.29, 0.717) is 12.1 Å². The van der Waals surface area contributed by atoms with Gasteiger partial charge in [-0.05, 0) is 39.5 Å². The van der Waals surface area contributed by atoms with Crippen molar-refractivity contribution in [2.45, 2.75) is 62.4 Å². The smallest absolute Gasteiger partial charge is 0.259 e. The maximum Gasteiger partial charge on any atom is 0.259 e. The lowest BCUT2D eigenvalue weighted by atomic mass is 9.98. The van der Waals surface area contributed by atoms with E-state index in [4.69, 9.17) is 0 Å². The van der Waals surface area contributed by atoms with Crippen LogP contribution in [-0.4, -0.2) is 41.5 Å². The van der Waals surface area contributed by atoms with Crippen LogP contribution in [0.4, 0.5) is 0 Å². The third-order valence-corrected chi connectivity index (χ3v) is 6.85. The summed E-state index contributed by atoms with van der Waals surface area (Å²) in [6.07, 6.45) is 3.76. The van der Waals surface area contributed by atoms with Gasteiger partial charge in [0, 0.05) is 12.1 Å². The van der Waals surface area contributed by atoms with Crippen molar-refractivity contribution in [2.75, 3.05) is 0 Å². The first-order valence-corrected chi connectivity index (χ1v) is 7.62. The molecule has 2 bridgehead atoms. The highest BCUT2D eigenvalue weighted by Gasteiger charge is 2.62. The van der Waals surface area contributed by atoms with Gasteiger partial charge in [0.05, 0.1) is 6.04 Å². The molecule has 3 rings (SSSR count). The molecule has 0 aromatic rings. The molecule has 3 heterocycles. The molecular weight excluding hydrogens is 240 g/mol. The van der Waals surface area contributed by atoms with Gasteiger partial charge in [-0.1, -0.05) is 0 Å². The summed E-state index contributed by atoms with van der Waals surface area (Å²) in [6, 6.07) is 0.676. The summed E-state index contributed by atoms with van der Waals surface area (Å²) in [4.78, 5) is 12.0. The van der Waals surface area contributed by atoms with E-state index >= 15 is 0 Å². The van der Waals surface area contributed by atoms with Crippen LogP contribution in [0, 0.1) is 0 Å². The minimum absolute atomic E-state index is 0.112. The Kier molecular flexibility index (Phi) is 2.18. The van der Waals surface area contributed by atoms with E-state index in [1.54, 1.807) is 0 Å². The second-order valence-electron chi connectivity index (χ2n) is 5.88. The average molecular weight is 258 g/mol. The van der Waals surface area contributed by atoms with Crippen molar-refractivity contribution in [2.24, 2.45) is 0 Å². The van der Waals surface area contributed by atoms with Gasteiger partial charge in [-0.25, -0.2) is 12.7 Å². The van der Waals surface area contributed by atoms with Crippen molar-refractivity contribution in [1.29, 1.82) is 0 Å². The first-order valence-electron chi connectivity index (χ1n) is 6.18. The van der Waals surface area contributed by atoms with Crippen LogP contribution in [0.5, 0.6) is 0 Å². The van der Waals surface area contributed by atoms with Crippen LogP contribution in [0.25, 0.3) is 0 Å². The van der Waals surface area contributed by atoms with E-state index < -0.39 is 14.8 Å². The second-order valence-corrected chi connectivity index (χ2v) is 8.24. The highest BCUT2D eigenvalue weighted by atomic mass is 32.2. The number of hydrogen-bond acceptors (Lipinski definition) is 4.